The number of esters is 1. The van der Waals surface area contributed by atoms with Crippen molar-refractivity contribution in [2.24, 2.45) is 0 Å². The number of nitrogens with one attached hydrogen (secondary N) is 2. The molecular formula is C14H20N4O4S. The van der Waals surface area contributed by atoms with Crippen LogP contribution >= 0.6 is 11.5 Å². The lowest BCUT2D eigenvalue weighted by molar-refractivity contribution is -0.127. The maximum Gasteiger partial charge on any atom is 0.352 e. The average Bonchev–Trinajstić information content (AvgIpc) is 3.17. The third-order valence-electron chi connectivity index (χ3n) is 3.66. The zero-order valence-electron chi connectivity index (χ0n) is 13.1. The lowest BCUT2D eigenvalue weighted by atomic mass is 10.2. The number of ether oxygens (including phenoxy) is 1. The first-order valence-corrected chi connectivity index (χ1v) is 8.42. The van der Waals surface area contributed by atoms with Crippen LogP contribution in [0.2, 0.25) is 0 Å². The number of hydrogen-bond acceptors (Lipinski definition) is 7. The summed E-state index contributed by atoms with van der Waals surface area (Å²) < 4.78 is 8.77. The van der Waals surface area contributed by atoms with E-state index in [1.165, 1.54) is 6.92 Å². The number of hydrogen-bond donors (Lipinski definition) is 2. The molecule has 0 unspecified atom stereocenters. The number of carbonyl (C=O) groups is 3. The molecule has 23 heavy (non-hydrogen) atoms. The molecule has 2 rings (SSSR count). The summed E-state index contributed by atoms with van der Waals surface area (Å²) in [5.41, 5.74) is 0.534. The highest BCUT2D eigenvalue weighted by Crippen LogP contribution is 2.17. The summed E-state index contributed by atoms with van der Waals surface area (Å²) in [5.74, 6) is -1.32. The number of rotatable bonds is 5. The summed E-state index contributed by atoms with van der Waals surface area (Å²) in [4.78, 5) is 35.9. The van der Waals surface area contributed by atoms with Crippen molar-refractivity contribution in [2.75, 3.05) is 0 Å². The fourth-order valence-electron chi connectivity index (χ4n) is 2.37. The van der Waals surface area contributed by atoms with Gasteiger partial charge < -0.3 is 10.1 Å². The summed E-state index contributed by atoms with van der Waals surface area (Å²) in [6, 6.07) is -0.450. The minimum atomic E-state index is -1.08. The van der Waals surface area contributed by atoms with Crippen molar-refractivity contribution in [3.8, 4) is 0 Å². The molecule has 1 aliphatic rings. The first-order valence-electron chi connectivity index (χ1n) is 7.64. The van der Waals surface area contributed by atoms with Gasteiger partial charge in [-0.1, -0.05) is 24.3 Å². The van der Waals surface area contributed by atoms with Crippen molar-refractivity contribution in [2.45, 2.75) is 58.1 Å². The van der Waals surface area contributed by atoms with Gasteiger partial charge in [-0.3, -0.25) is 10.1 Å². The molecule has 0 aliphatic heterocycles. The van der Waals surface area contributed by atoms with Crippen LogP contribution in [-0.4, -0.2) is 39.6 Å². The van der Waals surface area contributed by atoms with Crippen LogP contribution in [0.5, 0.6) is 0 Å². The molecule has 1 saturated carbocycles. The molecular weight excluding hydrogens is 320 g/mol. The summed E-state index contributed by atoms with van der Waals surface area (Å²) in [6.45, 7) is 3.26. The molecule has 1 fully saturated rings. The Labute approximate surface area is 138 Å². The van der Waals surface area contributed by atoms with Crippen molar-refractivity contribution in [3.63, 3.8) is 0 Å². The van der Waals surface area contributed by atoms with Crippen molar-refractivity contribution < 1.29 is 19.1 Å². The van der Waals surface area contributed by atoms with E-state index in [1.807, 2.05) is 6.92 Å². The van der Waals surface area contributed by atoms with Gasteiger partial charge in [-0.05, 0) is 37.7 Å². The summed E-state index contributed by atoms with van der Waals surface area (Å²) in [6.07, 6.45) is 3.47. The molecule has 2 N–H and O–H groups in total. The molecule has 0 saturated heterocycles. The zero-order valence-corrected chi connectivity index (χ0v) is 13.9. The Morgan fingerprint density at radius 3 is 2.70 bits per heavy atom. The van der Waals surface area contributed by atoms with Crippen LogP contribution in [0.1, 0.15) is 54.9 Å². The standard InChI is InChI=1S/C14H20N4O4S/c1-3-10-11(23-18-17-10)13(20)22-8(2)12(19)16-14(21)15-9-6-4-5-7-9/h8-9H,3-7H2,1-2H3,(H2,15,16,19,21)/t8-/m0/s1. The van der Waals surface area contributed by atoms with Crippen LogP contribution in [-0.2, 0) is 16.0 Å². The van der Waals surface area contributed by atoms with Crippen LogP contribution in [0.15, 0.2) is 0 Å². The normalized spacial score (nSPS) is 15.9. The van der Waals surface area contributed by atoms with Crippen LogP contribution in [0.25, 0.3) is 0 Å². The Kier molecular flexibility index (Phi) is 6.03. The second kappa shape index (κ2) is 8.00. The smallest absolute Gasteiger partial charge is 0.352 e. The van der Waals surface area contributed by atoms with Gasteiger partial charge in [0.2, 0.25) is 0 Å². The summed E-state index contributed by atoms with van der Waals surface area (Å²) in [5, 5.41) is 8.74. The van der Waals surface area contributed by atoms with Crippen molar-refractivity contribution in [1.29, 1.82) is 0 Å². The van der Waals surface area contributed by atoms with Crippen molar-refractivity contribution >= 4 is 29.4 Å². The highest BCUT2D eigenvalue weighted by molar-refractivity contribution is 7.07. The SMILES string of the molecule is CCc1nnsc1C(=O)O[C@@H](C)C(=O)NC(=O)NC1CCCC1. The predicted molar refractivity (Wildman–Crippen MR) is 83.1 cm³/mol. The molecule has 9 heteroatoms. The molecule has 0 aromatic carbocycles. The van der Waals surface area contributed by atoms with Crippen molar-refractivity contribution in [3.05, 3.63) is 10.6 Å². The highest BCUT2D eigenvalue weighted by atomic mass is 32.1. The van der Waals surface area contributed by atoms with Gasteiger partial charge in [0.05, 0.1) is 5.69 Å². The van der Waals surface area contributed by atoms with E-state index < -0.39 is 24.0 Å². The highest BCUT2D eigenvalue weighted by Gasteiger charge is 2.25. The fourth-order valence-corrected chi connectivity index (χ4v) is 3.00. The van der Waals surface area contributed by atoms with Crippen LogP contribution in [0, 0.1) is 0 Å². The van der Waals surface area contributed by atoms with Gasteiger partial charge in [0.25, 0.3) is 5.91 Å². The molecule has 1 atom stereocenters. The van der Waals surface area contributed by atoms with E-state index >= 15 is 0 Å². The second-order valence-electron chi connectivity index (χ2n) is 5.39. The Bertz CT molecular complexity index is 583. The zero-order chi connectivity index (χ0) is 16.8. The van der Waals surface area contributed by atoms with Gasteiger partial charge in [-0.2, -0.15) is 0 Å². The largest absolute Gasteiger partial charge is 0.448 e. The minimum Gasteiger partial charge on any atom is -0.448 e. The van der Waals surface area contributed by atoms with Crippen LogP contribution < -0.4 is 10.6 Å². The first kappa shape index (κ1) is 17.3. The number of nitrogens with zero attached hydrogens (tertiary/aromatic N) is 2. The Balaban J connectivity index is 1.82. The molecule has 1 aromatic heterocycles. The van der Waals surface area contributed by atoms with E-state index in [1.54, 1.807) is 0 Å². The molecule has 8 nitrogen and oxygen atoms in total. The van der Waals surface area contributed by atoms with Crippen LogP contribution in [0.4, 0.5) is 4.79 Å². The second-order valence-corrected chi connectivity index (χ2v) is 6.15. The first-order chi connectivity index (χ1) is 11.0. The molecule has 126 valence electrons. The fraction of sp³-hybridized carbons (Fsp3) is 0.643. The van der Waals surface area contributed by atoms with E-state index in [9.17, 15) is 14.4 Å². The topological polar surface area (TPSA) is 110 Å². The maximum absolute atomic E-state index is 12.0. The average molecular weight is 340 g/mol. The van der Waals surface area contributed by atoms with Gasteiger partial charge in [-0.25, -0.2) is 9.59 Å². The molecule has 0 bridgehead atoms. The van der Waals surface area contributed by atoms with Gasteiger partial charge in [0, 0.05) is 6.04 Å². The lowest BCUT2D eigenvalue weighted by Gasteiger charge is -2.15. The van der Waals surface area contributed by atoms with E-state index in [0.717, 1.165) is 37.2 Å². The van der Waals surface area contributed by atoms with E-state index in [4.69, 9.17) is 4.74 Å². The predicted octanol–water partition coefficient (Wildman–Crippen LogP) is 1.41. The Morgan fingerprint density at radius 1 is 1.35 bits per heavy atom. The third kappa shape index (κ3) is 4.72. The number of carbonyl (C=O) groups excluding carboxylic acids is 3. The third-order valence-corrected chi connectivity index (χ3v) is 4.40. The Hall–Kier alpha value is -2.03. The lowest BCUT2D eigenvalue weighted by Crippen LogP contribution is -2.47. The number of imide groups is 1. The van der Waals surface area contributed by atoms with Crippen LogP contribution in [0.3, 0.4) is 0 Å². The monoisotopic (exact) mass is 340 g/mol. The number of aromatic nitrogens is 2. The van der Waals surface area contributed by atoms with Gasteiger partial charge in [0.1, 0.15) is 0 Å². The number of urea groups is 1. The van der Waals surface area contributed by atoms with Gasteiger partial charge in [-0.15, -0.1) is 5.10 Å². The minimum absolute atomic E-state index is 0.107. The van der Waals surface area contributed by atoms with E-state index in [-0.39, 0.29) is 10.9 Å². The Morgan fingerprint density at radius 2 is 2.04 bits per heavy atom. The van der Waals surface area contributed by atoms with E-state index in [0.29, 0.717) is 12.1 Å². The summed E-state index contributed by atoms with van der Waals surface area (Å²) >= 11 is 0.925. The van der Waals surface area contributed by atoms with E-state index in [2.05, 4.69) is 20.2 Å². The quantitative estimate of drug-likeness (QED) is 0.784. The van der Waals surface area contributed by atoms with Crippen molar-refractivity contribution in [1.82, 2.24) is 20.2 Å². The number of aryl methyl sites for hydroxylation is 1. The van der Waals surface area contributed by atoms with Gasteiger partial charge >= 0.3 is 12.0 Å². The number of amides is 3. The molecule has 1 aliphatic carbocycles. The molecule has 0 spiro atoms. The molecule has 1 heterocycles. The molecule has 3 amide bonds. The molecule has 0 radical (unpaired) electrons. The maximum atomic E-state index is 12.0. The van der Waals surface area contributed by atoms with Gasteiger partial charge in [0.15, 0.2) is 11.0 Å². The summed E-state index contributed by atoms with van der Waals surface area (Å²) in [7, 11) is 0. The molecule has 1 aromatic rings.